The van der Waals surface area contributed by atoms with Gasteiger partial charge in [0.05, 0.1) is 12.5 Å². The second-order valence-electron chi connectivity index (χ2n) is 6.18. The summed E-state index contributed by atoms with van der Waals surface area (Å²) in [7, 11) is 0. The molecule has 3 aliphatic heterocycles. The molecule has 0 radical (unpaired) electrons. The van der Waals surface area contributed by atoms with Crippen molar-refractivity contribution < 1.29 is 14.3 Å². The summed E-state index contributed by atoms with van der Waals surface area (Å²) in [5, 5.41) is 3.50. The SMILES string of the molecule is CCOC(=O)C1CCCCN1C(=O)C1CC2CCC1N2. The zero-order chi connectivity index (χ0) is 14.1. The number of rotatable bonds is 3. The van der Waals surface area contributed by atoms with Crippen LogP contribution < -0.4 is 5.32 Å². The lowest BCUT2D eigenvalue weighted by Crippen LogP contribution is -2.52. The standard InChI is InChI=1S/C15H24N2O3/c1-2-20-15(19)13-5-3-4-8-17(13)14(18)11-9-10-6-7-12(11)16-10/h10-13,16H,2-9H2,1H3. The van der Waals surface area contributed by atoms with Crippen LogP contribution in [0.4, 0.5) is 0 Å². The minimum atomic E-state index is -0.352. The molecule has 0 aromatic carbocycles. The molecule has 2 bridgehead atoms. The monoisotopic (exact) mass is 280 g/mol. The number of carbonyl (C=O) groups excluding carboxylic acids is 2. The third-order valence-electron chi connectivity index (χ3n) is 4.96. The van der Waals surface area contributed by atoms with Gasteiger partial charge in [-0.3, -0.25) is 4.79 Å². The number of amides is 1. The Bertz CT molecular complexity index is 399. The van der Waals surface area contributed by atoms with Crippen LogP contribution in [0.15, 0.2) is 0 Å². The zero-order valence-electron chi connectivity index (χ0n) is 12.1. The topological polar surface area (TPSA) is 58.6 Å². The summed E-state index contributed by atoms with van der Waals surface area (Å²) in [5.74, 6) is 0.0166. The highest BCUT2D eigenvalue weighted by Gasteiger charge is 2.46. The molecule has 5 nitrogen and oxygen atoms in total. The summed E-state index contributed by atoms with van der Waals surface area (Å²) in [5.41, 5.74) is 0. The van der Waals surface area contributed by atoms with Crippen LogP contribution in [0, 0.1) is 5.92 Å². The first-order valence-electron chi connectivity index (χ1n) is 7.94. The predicted molar refractivity (Wildman–Crippen MR) is 74.0 cm³/mol. The highest BCUT2D eigenvalue weighted by Crippen LogP contribution is 2.35. The van der Waals surface area contributed by atoms with Crippen molar-refractivity contribution in [1.29, 1.82) is 0 Å². The maximum Gasteiger partial charge on any atom is 0.328 e. The highest BCUT2D eigenvalue weighted by molar-refractivity contribution is 5.86. The molecule has 0 aromatic heterocycles. The van der Waals surface area contributed by atoms with Gasteiger partial charge in [-0.15, -0.1) is 0 Å². The van der Waals surface area contributed by atoms with E-state index in [1.54, 1.807) is 4.90 Å². The second-order valence-corrected chi connectivity index (χ2v) is 6.18. The van der Waals surface area contributed by atoms with E-state index in [9.17, 15) is 9.59 Å². The molecule has 1 amide bonds. The lowest BCUT2D eigenvalue weighted by molar-refractivity contribution is -0.158. The zero-order valence-corrected chi connectivity index (χ0v) is 12.1. The summed E-state index contributed by atoms with van der Waals surface area (Å²) in [6.07, 6.45) is 5.97. The molecule has 1 N–H and O–H groups in total. The summed E-state index contributed by atoms with van der Waals surface area (Å²) < 4.78 is 5.14. The van der Waals surface area contributed by atoms with Crippen molar-refractivity contribution in [2.24, 2.45) is 5.92 Å². The maximum atomic E-state index is 12.8. The number of hydrogen-bond donors (Lipinski definition) is 1. The molecule has 3 heterocycles. The van der Waals surface area contributed by atoms with Gasteiger partial charge in [0.25, 0.3) is 0 Å². The van der Waals surface area contributed by atoms with E-state index in [0.29, 0.717) is 25.2 Å². The summed E-state index contributed by atoms with van der Waals surface area (Å²) >= 11 is 0. The molecule has 3 aliphatic rings. The predicted octanol–water partition coefficient (Wildman–Crippen LogP) is 1.07. The van der Waals surface area contributed by atoms with Crippen LogP contribution in [0.2, 0.25) is 0 Å². The number of carbonyl (C=O) groups is 2. The van der Waals surface area contributed by atoms with Crippen LogP contribution in [0.1, 0.15) is 45.4 Å². The molecule has 5 heteroatoms. The van der Waals surface area contributed by atoms with E-state index in [2.05, 4.69) is 5.32 Å². The lowest BCUT2D eigenvalue weighted by atomic mass is 9.87. The first-order chi connectivity index (χ1) is 9.70. The van der Waals surface area contributed by atoms with Crippen molar-refractivity contribution in [3.63, 3.8) is 0 Å². The molecule has 3 fully saturated rings. The molecule has 20 heavy (non-hydrogen) atoms. The Morgan fingerprint density at radius 1 is 1.25 bits per heavy atom. The van der Waals surface area contributed by atoms with Gasteiger partial charge in [0.1, 0.15) is 6.04 Å². The Morgan fingerprint density at radius 2 is 2.10 bits per heavy atom. The normalized spacial score (nSPS) is 36.1. The van der Waals surface area contributed by atoms with E-state index < -0.39 is 0 Å². The Balaban J connectivity index is 1.69. The number of nitrogens with zero attached hydrogens (tertiary/aromatic N) is 1. The van der Waals surface area contributed by atoms with Crippen molar-refractivity contribution in [2.75, 3.05) is 13.2 Å². The van der Waals surface area contributed by atoms with Gasteiger partial charge < -0.3 is 15.0 Å². The largest absolute Gasteiger partial charge is 0.464 e. The average molecular weight is 280 g/mol. The van der Waals surface area contributed by atoms with Crippen LogP contribution in [-0.2, 0) is 14.3 Å². The molecule has 4 unspecified atom stereocenters. The molecule has 0 aromatic rings. The fourth-order valence-electron chi connectivity index (χ4n) is 3.99. The van der Waals surface area contributed by atoms with Gasteiger partial charge in [-0.25, -0.2) is 4.79 Å². The van der Waals surface area contributed by atoms with Gasteiger partial charge in [0, 0.05) is 18.6 Å². The molecular weight excluding hydrogens is 256 g/mol. The first-order valence-corrected chi connectivity index (χ1v) is 7.94. The van der Waals surface area contributed by atoms with Gasteiger partial charge >= 0.3 is 5.97 Å². The molecule has 0 spiro atoms. The van der Waals surface area contributed by atoms with Crippen LogP contribution in [-0.4, -0.2) is 48.1 Å². The van der Waals surface area contributed by atoms with E-state index in [-0.39, 0.29) is 23.8 Å². The van der Waals surface area contributed by atoms with Crippen LogP contribution in [0.5, 0.6) is 0 Å². The van der Waals surface area contributed by atoms with Gasteiger partial charge in [-0.05, 0) is 45.4 Å². The smallest absolute Gasteiger partial charge is 0.328 e. The van der Waals surface area contributed by atoms with Crippen LogP contribution in [0.3, 0.4) is 0 Å². The highest BCUT2D eigenvalue weighted by atomic mass is 16.5. The number of esters is 1. The van der Waals surface area contributed by atoms with E-state index in [1.807, 2.05) is 6.92 Å². The van der Waals surface area contributed by atoms with E-state index in [0.717, 1.165) is 32.1 Å². The Morgan fingerprint density at radius 3 is 2.75 bits per heavy atom. The van der Waals surface area contributed by atoms with Crippen molar-refractivity contribution in [2.45, 2.75) is 63.6 Å². The number of likely N-dealkylation sites (tertiary alicyclic amines) is 1. The first kappa shape index (κ1) is 13.9. The second kappa shape index (κ2) is 5.72. The summed E-state index contributed by atoms with van der Waals surface area (Å²) in [4.78, 5) is 26.6. The number of ether oxygens (including phenoxy) is 1. The van der Waals surface area contributed by atoms with Gasteiger partial charge in [-0.1, -0.05) is 0 Å². The lowest BCUT2D eigenvalue weighted by Gasteiger charge is -2.37. The molecule has 0 aliphatic carbocycles. The maximum absolute atomic E-state index is 12.8. The van der Waals surface area contributed by atoms with Crippen LogP contribution in [0.25, 0.3) is 0 Å². The van der Waals surface area contributed by atoms with Crippen molar-refractivity contribution in [3.8, 4) is 0 Å². The minimum absolute atomic E-state index is 0.0729. The molecule has 112 valence electrons. The Kier molecular flexibility index (Phi) is 3.96. The van der Waals surface area contributed by atoms with E-state index >= 15 is 0 Å². The Hall–Kier alpha value is -1.10. The van der Waals surface area contributed by atoms with Crippen molar-refractivity contribution in [3.05, 3.63) is 0 Å². The van der Waals surface area contributed by atoms with Gasteiger partial charge in [0.15, 0.2) is 0 Å². The molecule has 3 rings (SSSR count). The fourth-order valence-corrected chi connectivity index (χ4v) is 3.99. The number of hydrogen-bond acceptors (Lipinski definition) is 4. The molecular formula is C15H24N2O3. The van der Waals surface area contributed by atoms with Gasteiger partial charge in [0.2, 0.25) is 5.91 Å². The third-order valence-corrected chi connectivity index (χ3v) is 4.96. The number of nitrogens with one attached hydrogen (secondary N) is 1. The number of fused-ring (bicyclic) bond motifs is 2. The van der Waals surface area contributed by atoms with Crippen molar-refractivity contribution in [1.82, 2.24) is 10.2 Å². The Labute approximate surface area is 120 Å². The summed E-state index contributed by atoms with van der Waals surface area (Å²) in [6, 6.07) is 0.493. The van der Waals surface area contributed by atoms with E-state index in [1.165, 1.54) is 6.42 Å². The van der Waals surface area contributed by atoms with E-state index in [4.69, 9.17) is 4.74 Å². The van der Waals surface area contributed by atoms with Crippen LogP contribution >= 0.6 is 0 Å². The molecule has 3 saturated heterocycles. The summed E-state index contributed by atoms with van der Waals surface area (Å²) in [6.45, 7) is 2.90. The number of piperidine rings is 1. The van der Waals surface area contributed by atoms with Crippen molar-refractivity contribution >= 4 is 11.9 Å². The third kappa shape index (κ3) is 2.43. The average Bonchev–Trinajstić information content (AvgIpc) is 3.09. The van der Waals surface area contributed by atoms with Gasteiger partial charge in [-0.2, -0.15) is 0 Å². The quantitative estimate of drug-likeness (QED) is 0.786. The molecule has 0 saturated carbocycles. The minimum Gasteiger partial charge on any atom is -0.464 e. The molecule has 4 atom stereocenters. The fraction of sp³-hybridized carbons (Fsp3) is 0.867.